The Balaban J connectivity index is 2.49. The van der Waals surface area contributed by atoms with Gasteiger partial charge in [0, 0.05) is 18.3 Å². The lowest BCUT2D eigenvalue weighted by Crippen LogP contribution is -2.34. The highest BCUT2D eigenvalue weighted by Crippen LogP contribution is 2.20. The Kier molecular flexibility index (Phi) is 2.11. The lowest BCUT2D eigenvalue weighted by Gasteiger charge is -2.08. The third-order valence-corrected chi connectivity index (χ3v) is 2.22. The summed E-state index contributed by atoms with van der Waals surface area (Å²) in [4.78, 5) is 11.5. The van der Waals surface area contributed by atoms with Crippen molar-refractivity contribution < 1.29 is 9.18 Å². The summed E-state index contributed by atoms with van der Waals surface area (Å²) in [6.07, 6.45) is 0. The predicted molar refractivity (Wildman–Crippen MR) is 51.8 cm³/mol. The summed E-state index contributed by atoms with van der Waals surface area (Å²) < 4.78 is 13.3. The van der Waals surface area contributed by atoms with E-state index in [2.05, 4.69) is 10.6 Å². The molecule has 1 heterocycles. The van der Waals surface area contributed by atoms with Crippen molar-refractivity contribution in [1.29, 1.82) is 0 Å². The van der Waals surface area contributed by atoms with Crippen LogP contribution in [0.4, 0.5) is 10.1 Å². The third-order valence-electron chi connectivity index (χ3n) is 2.22. The van der Waals surface area contributed by atoms with Crippen LogP contribution in [0.15, 0.2) is 18.2 Å². The second-order valence-corrected chi connectivity index (χ2v) is 3.42. The maximum Gasteiger partial charge on any atom is 0.256 e. The van der Waals surface area contributed by atoms with Crippen molar-refractivity contribution >= 4 is 11.6 Å². The Hall–Kier alpha value is -1.58. The molecule has 0 saturated carbocycles. The van der Waals surface area contributed by atoms with Gasteiger partial charge in [0.2, 0.25) is 0 Å². The van der Waals surface area contributed by atoms with Gasteiger partial charge in [0.25, 0.3) is 5.91 Å². The zero-order valence-electron chi connectivity index (χ0n) is 7.80. The molecule has 1 atom stereocenters. The van der Waals surface area contributed by atoms with E-state index in [9.17, 15) is 9.18 Å². The summed E-state index contributed by atoms with van der Waals surface area (Å²) in [6.45, 7) is 2.48. The van der Waals surface area contributed by atoms with Gasteiger partial charge in [0.1, 0.15) is 5.82 Å². The average Bonchev–Trinajstić information content (AvgIpc) is 2.27. The van der Waals surface area contributed by atoms with Gasteiger partial charge < -0.3 is 10.6 Å². The Bertz CT molecular complexity index is 378. The van der Waals surface area contributed by atoms with Crippen LogP contribution in [0.1, 0.15) is 17.3 Å². The number of rotatable bonds is 0. The van der Waals surface area contributed by atoms with Crippen molar-refractivity contribution in [1.82, 2.24) is 5.32 Å². The molecule has 1 unspecified atom stereocenters. The topological polar surface area (TPSA) is 41.1 Å². The van der Waals surface area contributed by atoms with Crippen LogP contribution in [-0.4, -0.2) is 18.5 Å². The summed E-state index contributed by atoms with van der Waals surface area (Å²) in [5.74, 6) is -0.836. The van der Waals surface area contributed by atoms with E-state index in [1.807, 2.05) is 6.92 Å². The molecule has 1 aliphatic heterocycles. The molecule has 1 aliphatic rings. The van der Waals surface area contributed by atoms with Crippen molar-refractivity contribution in [2.45, 2.75) is 13.0 Å². The molecule has 74 valence electrons. The van der Waals surface area contributed by atoms with Gasteiger partial charge >= 0.3 is 0 Å². The maximum atomic E-state index is 13.3. The number of benzene rings is 1. The highest BCUT2D eigenvalue weighted by atomic mass is 19.1. The SMILES string of the molecule is CC1CNc2cccc(F)c2C(=O)N1. The number of amides is 1. The summed E-state index contributed by atoms with van der Waals surface area (Å²) in [7, 11) is 0. The van der Waals surface area contributed by atoms with Crippen molar-refractivity contribution in [2.24, 2.45) is 0 Å². The Morgan fingerprint density at radius 1 is 1.50 bits per heavy atom. The van der Waals surface area contributed by atoms with Gasteiger partial charge in [-0.15, -0.1) is 0 Å². The molecular weight excluding hydrogens is 183 g/mol. The van der Waals surface area contributed by atoms with Crippen molar-refractivity contribution in [3.8, 4) is 0 Å². The Labute approximate surface area is 81.3 Å². The van der Waals surface area contributed by atoms with Gasteiger partial charge in [-0.1, -0.05) is 6.07 Å². The molecule has 1 aromatic rings. The molecule has 0 aliphatic carbocycles. The number of carbonyl (C=O) groups is 1. The average molecular weight is 194 g/mol. The lowest BCUT2D eigenvalue weighted by atomic mass is 10.1. The maximum absolute atomic E-state index is 13.3. The lowest BCUT2D eigenvalue weighted by molar-refractivity contribution is 0.0941. The number of halogens is 1. The molecule has 2 rings (SSSR count). The van der Waals surface area contributed by atoms with E-state index < -0.39 is 5.82 Å². The number of carbonyl (C=O) groups excluding carboxylic acids is 1. The third kappa shape index (κ3) is 1.43. The highest BCUT2D eigenvalue weighted by molar-refractivity contribution is 6.00. The fourth-order valence-corrected chi connectivity index (χ4v) is 1.51. The van der Waals surface area contributed by atoms with Crippen LogP contribution < -0.4 is 10.6 Å². The molecule has 0 spiro atoms. The highest BCUT2D eigenvalue weighted by Gasteiger charge is 2.21. The summed E-state index contributed by atoms with van der Waals surface area (Å²) in [5, 5.41) is 5.72. The minimum absolute atomic E-state index is 0.00861. The van der Waals surface area contributed by atoms with Crippen molar-refractivity contribution in [3.63, 3.8) is 0 Å². The zero-order chi connectivity index (χ0) is 10.1. The number of fused-ring (bicyclic) bond motifs is 1. The molecule has 0 fully saturated rings. The monoisotopic (exact) mass is 194 g/mol. The van der Waals surface area contributed by atoms with Crippen LogP contribution in [0, 0.1) is 5.82 Å². The first-order chi connectivity index (χ1) is 6.68. The standard InChI is InChI=1S/C10H11FN2O/c1-6-5-12-8-4-2-3-7(11)9(8)10(14)13-6/h2-4,6,12H,5H2,1H3,(H,13,14). The fraction of sp³-hybridized carbons (Fsp3) is 0.300. The fourth-order valence-electron chi connectivity index (χ4n) is 1.51. The summed E-state index contributed by atoms with van der Waals surface area (Å²) >= 11 is 0. The van der Waals surface area contributed by atoms with E-state index in [0.29, 0.717) is 12.2 Å². The molecule has 3 nitrogen and oxygen atoms in total. The molecule has 14 heavy (non-hydrogen) atoms. The minimum Gasteiger partial charge on any atom is -0.382 e. The first-order valence-electron chi connectivity index (χ1n) is 4.51. The van der Waals surface area contributed by atoms with Gasteiger partial charge in [0.15, 0.2) is 0 Å². The van der Waals surface area contributed by atoms with Gasteiger partial charge in [-0.2, -0.15) is 0 Å². The van der Waals surface area contributed by atoms with E-state index in [-0.39, 0.29) is 17.5 Å². The van der Waals surface area contributed by atoms with E-state index >= 15 is 0 Å². The van der Waals surface area contributed by atoms with Gasteiger partial charge in [0.05, 0.1) is 5.56 Å². The summed E-state index contributed by atoms with van der Waals surface area (Å²) in [5.41, 5.74) is 0.670. The van der Waals surface area contributed by atoms with Crippen LogP contribution >= 0.6 is 0 Å². The molecule has 1 amide bonds. The second kappa shape index (κ2) is 3.29. The molecule has 2 N–H and O–H groups in total. The first kappa shape index (κ1) is 8.99. The smallest absolute Gasteiger partial charge is 0.256 e. The molecule has 1 aromatic carbocycles. The predicted octanol–water partition coefficient (Wildman–Crippen LogP) is 1.37. The Morgan fingerprint density at radius 3 is 3.07 bits per heavy atom. The van der Waals surface area contributed by atoms with E-state index in [1.165, 1.54) is 6.07 Å². The van der Waals surface area contributed by atoms with Crippen LogP contribution in [0.3, 0.4) is 0 Å². The largest absolute Gasteiger partial charge is 0.382 e. The molecule has 4 heteroatoms. The number of hydrogen-bond acceptors (Lipinski definition) is 2. The Morgan fingerprint density at radius 2 is 2.29 bits per heavy atom. The molecule has 0 bridgehead atoms. The van der Waals surface area contributed by atoms with Crippen LogP contribution in [0.25, 0.3) is 0 Å². The zero-order valence-corrected chi connectivity index (χ0v) is 7.80. The molecule has 0 saturated heterocycles. The summed E-state index contributed by atoms with van der Waals surface area (Å²) in [6, 6.07) is 4.59. The first-order valence-corrected chi connectivity index (χ1v) is 4.51. The van der Waals surface area contributed by atoms with Crippen molar-refractivity contribution in [2.75, 3.05) is 11.9 Å². The molecule has 0 radical (unpaired) electrons. The van der Waals surface area contributed by atoms with E-state index in [1.54, 1.807) is 12.1 Å². The van der Waals surface area contributed by atoms with E-state index in [4.69, 9.17) is 0 Å². The van der Waals surface area contributed by atoms with Gasteiger partial charge in [-0.25, -0.2) is 4.39 Å². The van der Waals surface area contributed by atoms with E-state index in [0.717, 1.165) is 0 Å². The molecule has 0 aromatic heterocycles. The van der Waals surface area contributed by atoms with Crippen molar-refractivity contribution in [3.05, 3.63) is 29.6 Å². The number of hydrogen-bond donors (Lipinski definition) is 2. The quantitative estimate of drug-likeness (QED) is 0.655. The van der Waals surface area contributed by atoms with Crippen LogP contribution in [0.2, 0.25) is 0 Å². The van der Waals surface area contributed by atoms with Gasteiger partial charge in [-0.3, -0.25) is 4.79 Å². The van der Waals surface area contributed by atoms with Crippen LogP contribution in [-0.2, 0) is 0 Å². The number of nitrogens with one attached hydrogen (secondary N) is 2. The minimum atomic E-state index is -0.485. The molecular formula is C10H11FN2O. The number of anilines is 1. The van der Waals surface area contributed by atoms with Crippen LogP contribution in [0.5, 0.6) is 0 Å². The van der Waals surface area contributed by atoms with Gasteiger partial charge in [-0.05, 0) is 19.1 Å². The second-order valence-electron chi connectivity index (χ2n) is 3.42. The normalized spacial score (nSPS) is 20.4.